The Bertz CT molecular complexity index is 392. The monoisotopic (exact) mass is 223 g/mol. The minimum Gasteiger partial charge on any atom is -0.444 e. The molecule has 0 aliphatic heterocycles. The summed E-state index contributed by atoms with van der Waals surface area (Å²) < 4.78 is 5.21. The van der Waals surface area contributed by atoms with Crippen LogP contribution in [0.4, 0.5) is 4.79 Å². The molecule has 0 fully saturated rings. The fourth-order valence-corrected chi connectivity index (χ4v) is 1.87. The van der Waals surface area contributed by atoms with Gasteiger partial charge in [-0.2, -0.15) is 5.10 Å². The van der Waals surface area contributed by atoms with E-state index in [1.165, 1.54) is 0 Å². The summed E-state index contributed by atoms with van der Waals surface area (Å²) in [5.74, 6) is 0. The number of nitrogens with zero attached hydrogens (tertiary/aromatic N) is 1. The first-order valence-corrected chi connectivity index (χ1v) is 5.47. The SMILES string of the molecule is CC(C)(C)OC(=O)N[C@@H]1CCc2[nH]ncc21. The lowest BCUT2D eigenvalue weighted by atomic mass is 10.2. The molecule has 5 nitrogen and oxygen atoms in total. The van der Waals surface area contributed by atoms with Crippen LogP contribution in [0.3, 0.4) is 0 Å². The average Bonchev–Trinajstić information content (AvgIpc) is 2.66. The van der Waals surface area contributed by atoms with Crippen molar-refractivity contribution in [3.63, 3.8) is 0 Å². The highest BCUT2D eigenvalue weighted by Crippen LogP contribution is 2.29. The standard InChI is InChI=1S/C11H17N3O2/c1-11(2,3)16-10(15)13-8-4-5-9-7(8)6-12-14-9/h6,8H,4-5H2,1-3H3,(H,12,14)(H,13,15)/t8-/m1/s1. The molecule has 1 aromatic rings. The van der Waals surface area contributed by atoms with Crippen LogP contribution in [0, 0.1) is 0 Å². The molecule has 0 unspecified atom stereocenters. The highest BCUT2D eigenvalue weighted by atomic mass is 16.6. The van der Waals surface area contributed by atoms with Gasteiger partial charge in [-0.1, -0.05) is 0 Å². The van der Waals surface area contributed by atoms with Gasteiger partial charge in [-0.25, -0.2) is 4.79 Å². The quantitative estimate of drug-likeness (QED) is 0.764. The van der Waals surface area contributed by atoms with Crippen LogP contribution in [0.25, 0.3) is 0 Å². The summed E-state index contributed by atoms with van der Waals surface area (Å²) in [5.41, 5.74) is 1.73. The largest absolute Gasteiger partial charge is 0.444 e. The van der Waals surface area contributed by atoms with Crippen LogP contribution < -0.4 is 5.32 Å². The summed E-state index contributed by atoms with van der Waals surface area (Å²) in [7, 11) is 0. The Kier molecular flexibility index (Phi) is 2.61. The minimum absolute atomic E-state index is 0.0311. The number of carbonyl (C=O) groups is 1. The lowest BCUT2D eigenvalue weighted by Gasteiger charge is -2.21. The number of aryl methyl sites for hydroxylation is 1. The van der Waals surface area contributed by atoms with Crippen LogP contribution >= 0.6 is 0 Å². The number of hydrogen-bond acceptors (Lipinski definition) is 3. The maximum atomic E-state index is 11.6. The van der Waals surface area contributed by atoms with Crippen molar-refractivity contribution < 1.29 is 9.53 Å². The van der Waals surface area contributed by atoms with E-state index in [1.54, 1.807) is 6.20 Å². The second-order valence-corrected chi connectivity index (χ2v) is 5.04. The summed E-state index contributed by atoms with van der Waals surface area (Å²) in [6.07, 6.45) is 3.23. The van der Waals surface area contributed by atoms with E-state index in [2.05, 4.69) is 15.5 Å². The van der Waals surface area contributed by atoms with Gasteiger partial charge < -0.3 is 10.1 Å². The number of aromatic nitrogens is 2. The smallest absolute Gasteiger partial charge is 0.408 e. The van der Waals surface area contributed by atoms with Crippen LogP contribution in [0.5, 0.6) is 0 Å². The molecule has 0 bridgehead atoms. The number of carbonyl (C=O) groups excluding carboxylic acids is 1. The van der Waals surface area contributed by atoms with Crippen molar-refractivity contribution >= 4 is 6.09 Å². The van der Waals surface area contributed by atoms with Crippen LogP contribution in [0.15, 0.2) is 6.20 Å². The van der Waals surface area contributed by atoms with Gasteiger partial charge >= 0.3 is 6.09 Å². The first kappa shape index (κ1) is 11.0. The van der Waals surface area contributed by atoms with E-state index in [9.17, 15) is 4.79 Å². The number of rotatable bonds is 1. The summed E-state index contributed by atoms with van der Waals surface area (Å²) in [5, 5.41) is 9.74. The van der Waals surface area contributed by atoms with Gasteiger partial charge in [0.2, 0.25) is 0 Å². The third kappa shape index (κ3) is 2.35. The number of nitrogens with one attached hydrogen (secondary N) is 2. The van der Waals surface area contributed by atoms with E-state index in [4.69, 9.17) is 4.74 Å². The van der Waals surface area contributed by atoms with Crippen molar-refractivity contribution in [3.05, 3.63) is 17.5 Å². The van der Waals surface area contributed by atoms with Gasteiger partial charge in [0.05, 0.1) is 12.2 Å². The molecule has 0 radical (unpaired) electrons. The number of fused-ring (bicyclic) bond motifs is 1. The number of alkyl carbamates (subject to hydrolysis) is 1. The molecule has 0 aromatic carbocycles. The molecule has 0 spiro atoms. The molecule has 2 N–H and O–H groups in total. The Labute approximate surface area is 94.6 Å². The molecular formula is C11H17N3O2. The van der Waals surface area contributed by atoms with Gasteiger partial charge in [-0.05, 0) is 33.6 Å². The predicted octanol–water partition coefficient (Wildman–Crippen LogP) is 1.92. The van der Waals surface area contributed by atoms with Crippen molar-refractivity contribution in [1.82, 2.24) is 15.5 Å². The molecular weight excluding hydrogens is 206 g/mol. The highest BCUT2D eigenvalue weighted by molar-refractivity contribution is 5.68. The zero-order valence-corrected chi connectivity index (χ0v) is 9.83. The minimum atomic E-state index is -0.456. The molecule has 88 valence electrons. The predicted molar refractivity (Wildman–Crippen MR) is 59.0 cm³/mol. The maximum absolute atomic E-state index is 11.6. The van der Waals surface area contributed by atoms with Crippen molar-refractivity contribution in [2.45, 2.75) is 45.3 Å². The molecule has 1 aliphatic rings. The van der Waals surface area contributed by atoms with E-state index in [0.717, 1.165) is 24.1 Å². The topological polar surface area (TPSA) is 67.0 Å². The molecule has 16 heavy (non-hydrogen) atoms. The summed E-state index contributed by atoms with van der Waals surface area (Å²) in [6, 6.07) is 0.0311. The molecule has 1 atom stereocenters. The number of hydrogen-bond donors (Lipinski definition) is 2. The Balaban J connectivity index is 1.95. The van der Waals surface area contributed by atoms with E-state index in [1.807, 2.05) is 20.8 Å². The fraction of sp³-hybridized carbons (Fsp3) is 0.636. The molecule has 1 heterocycles. The maximum Gasteiger partial charge on any atom is 0.408 e. The van der Waals surface area contributed by atoms with Crippen molar-refractivity contribution in [2.24, 2.45) is 0 Å². The zero-order valence-electron chi connectivity index (χ0n) is 9.83. The first-order valence-electron chi connectivity index (χ1n) is 5.47. The highest BCUT2D eigenvalue weighted by Gasteiger charge is 2.27. The molecule has 1 aromatic heterocycles. The first-order chi connectivity index (χ1) is 7.46. The number of H-pyrrole nitrogens is 1. The average molecular weight is 223 g/mol. The van der Waals surface area contributed by atoms with Crippen molar-refractivity contribution in [3.8, 4) is 0 Å². The summed E-state index contributed by atoms with van der Waals surface area (Å²) in [6.45, 7) is 5.56. The molecule has 2 rings (SSSR count). The second kappa shape index (κ2) is 3.81. The van der Waals surface area contributed by atoms with Crippen LogP contribution in [-0.2, 0) is 11.2 Å². The van der Waals surface area contributed by atoms with Gasteiger partial charge in [-0.3, -0.25) is 5.10 Å². The summed E-state index contributed by atoms with van der Waals surface area (Å²) >= 11 is 0. The van der Waals surface area contributed by atoms with Gasteiger partial charge in [0.1, 0.15) is 5.60 Å². The van der Waals surface area contributed by atoms with E-state index in [0.29, 0.717) is 0 Å². The third-order valence-electron chi connectivity index (χ3n) is 2.50. The summed E-state index contributed by atoms with van der Waals surface area (Å²) in [4.78, 5) is 11.6. The van der Waals surface area contributed by atoms with Gasteiger partial charge in [-0.15, -0.1) is 0 Å². The van der Waals surface area contributed by atoms with Gasteiger partial charge in [0.15, 0.2) is 0 Å². The van der Waals surface area contributed by atoms with Crippen LogP contribution in [0.1, 0.15) is 44.5 Å². The Morgan fingerprint density at radius 3 is 3.06 bits per heavy atom. The third-order valence-corrected chi connectivity index (χ3v) is 2.50. The number of aromatic amines is 1. The van der Waals surface area contributed by atoms with E-state index >= 15 is 0 Å². The molecule has 1 aliphatic carbocycles. The lowest BCUT2D eigenvalue weighted by Crippen LogP contribution is -2.34. The normalized spacial score (nSPS) is 19.3. The van der Waals surface area contributed by atoms with E-state index < -0.39 is 5.60 Å². The Hall–Kier alpha value is -1.52. The van der Waals surface area contributed by atoms with Crippen LogP contribution in [0.2, 0.25) is 0 Å². The van der Waals surface area contributed by atoms with E-state index in [-0.39, 0.29) is 12.1 Å². The van der Waals surface area contributed by atoms with Gasteiger partial charge in [0, 0.05) is 11.3 Å². The molecule has 5 heteroatoms. The van der Waals surface area contributed by atoms with Crippen molar-refractivity contribution in [1.29, 1.82) is 0 Å². The Morgan fingerprint density at radius 1 is 1.62 bits per heavy atom. The fourth-order valence-electron chi connectivity index (χ4n) is 1.87. The van der Waals surface area contributed by atoms with Gasteiger partial charge in [0.25, 0.3) is 0 Å². The Morgan fingerprint density at radius 2 is 2.38 bits per heavy atom. The second-order valence-electron chi connectivity index (χ2n) is 5.04. The van der Waals surface area contributed by atoms with Crippen molar-refractivity contribution in [2.75, 3.05) is 0 Å². The number of ether oxygens (including phenoxy) is 1. The van der Waals surface area contributed by atoms with Crippen LogP contribution in [-0.4, -0.2) is 21.9 Å². The lowest BCUT2D eigenvalue weighted by molar-refractivity contribution is 0.0503. The molecule has 1 amide bonds. The molecule has 0 saturated heterocycles. The molecule has 0 saturated carbocycles. The number of amides is 1. The zero-order chi connectivity index (χ0) is 11.8.